The number of rotatable bonds is 5. The lowest BCUT2D eigenvalue weighted by molar-refractivity contribution is -0.129. The number of amides is 2. The number of hydrogen-bond donors (Lipinski definition) is 1. The molecule has 0 radical (unpaired) electrons. The average molecular weight is 306 g/mol. The molecule has 1 saturated heterocycles. The molecule has 0 aromatic carbocycles. The Kier molecular flexibility index (Phi) is 4.58. The molecule has 0 unspecified atom stereocenters. The molecule has 0 bridgehead atoms. The second-order valence-electron chi connectivity index (χ2n) is 6.17. The Balaban J connectivity index is 1.43. The highest BCUT2D eigenvalue weighted by molar-refractivity contribution is 7.07. The lowest BCUT2D eigenvalue weighted by Crippen LogP contribution is -2.36. The van der Waals surface area contributed by atoms with Crippen molar-refractivity contribution in [3.8, 4) is 0 Å². The van der Waals surface area contributed by atoms with Gasteiger partial charge in [-0.3, -0.25) is 9.59 Å². The Morgan fingerprint density at radius 1 is 1.38 bits per heavy atom. The van der Waals surface area contributed by atoms with Gasteiger partial charge in [-0.05, 0) is 35.2 Å². The number of thiophene rings is 1. The van der Waals surface area contributed by atoms with Crippen LogP contribution >= 0.6 is 11.3 Å². The van der Waals surface area contributed by atoms with Gasteiger partial charge in [0.05, 0.1) is 6.42 Å². The van der Waals surface area contributed by atoms with Crippen LogP contribution < -0.4 is 5.32 Å². The van der Waals surface area contributed by atoms with Crippen molar-refractivity contribution >= 4 is 23.2 Å². The molecule has 4 nitrogen and oxygen atoms in total. The van der Waals surface area contributed by atoms with Crippen molar-refractivity contribution in [2.24, 2.45) is 5.92 Å². The number of carbonyl (C=O) groups excluding carboxylic acids is 2. The van der Waals surface area contributed by atoms with Gasteiger partial charge in [0.2, 0.25) is 11.8 Å². The van der Waals surface area contributed by atoms with E-state index in [-0.39, 0.29) is 17.7 Å². The van der Waals surface area contributed by atoms with E-state index in [9.17, 15) is 9.59 Å². The van der Waals surface area contributed by atoms with E-state index in [0.29, 0.717) is 25.4 Å². The first kappa shape index (κ1) is 14.6. The molecule has 2 heterocycles. The van der Waals surface area contributed by atoms with Crippen LogP contribution in [-0.4, -0.2) is 35.8 Å². The van der Waals surface area contributed by atoms with Gasteiger partial charge in [0.15, 0.2) is 0 Å². The van der Waals surface area contributed by atoms with E-state index >= 15 is 0 Å². The first-order chi connectivity index (χ1) is 10.2. The van der Waals surface area contributed by atoms with Crippen molar-refractivity contribution < 1.29 is 9.59 Å². The SMILES string of the molecule is O=C(Cc1ccsc1)NC[C@@H]1CC(=O)N(C2CCCC2)C1. The zero-order valence-electron chi connectivity index (χ0n) is 12.2. The quantitative estimate of drug-likeness (QED) is 0.906. The summed E-state index contributed by atoms with van der Waals surface area (Å²) in [6.45, 7) is 1.44. The number of likely N-dealkylation sites (tertiary alicyclic amines) is 1. The highest BCUT2D eigenvalue weighted by Gasteiger charge is 2.35. The normalized spacial score (nSPS) is 23.0. The van der Waals surface area contributed by atoms with Gasteiger partial charge >= 0.3 is 0 Å². The Hall–Kier alpha value is -1.36. The van der Waals surface area contributed by atoms with Crippen LogP contribution in [0, 0.1) is 5.92 Å². The Labute approximate surface area is 129 Å². The lowest BCUT2D eigenvalue weighted by Gasteiger charge is -2.24. The summed E-state index contributed by atoms with van der Waals surface area (Å²) >= 11 is 1.61. The molecule has 1 aromatic heterocycles. The van der Waals surface area contributed by atoms with Crippen molar-refractivity contribution in [1.29, 1.82) is 0 Å². The highest BCUT2D eigenvalue weighted by Crippen LogP contribution is 2.29. The fourth-order valence-corrected chi connectivity index (χ4v) is 4.08. The van der Waals surface area contributed by atoms with Gasteiger partial charge in [0.25, 0.3) is 0 Å². The zero-order valence-corrected chi connectivity index (χ0v) is 13.0. The maximum Gasteiger partial charge on any atom is 0.224 e. The molecular formula is C16H22N2O2S. The van der Waals surface area contributed by atoms with Crippen LogP contribution in [0.3, 0.4) is 0 Å². The molecule has 21 heavy (non-hydrogen) atoms. The molecule has 2 aliphatic rings. The van der Waals surface area contributed by atoms with Gasteiger partial charge < -0.3 is 10.2 Å². The molecule has 1 aliphatic carbocycles. The van der Waals surface area contributed by atoms with E-state index in [2.05, 4.69) is 10.2 Å². The van der Waals surface area contributed by atoms with Crippen molar-refractivity contribution in [3.63, 3.8) is 0 Å². The molecule has 5 heteroatoms. The summed E-state index contributed by atoms with van der Waals surface area (Å²) in [5.41, 5.74) is 1.06. The van der Waals surface area contributed by atoms with Crippen LogP contribution in [0.5, 0.6) is 0 Å². The number of hydrogen-bond acceptors (Lipinski definition) is 3. The van der Waals surface area contributed by atoms with Gasteiger partial charge in [-0.15, -0.1) is 0 Å². The summed E-state index contributed by atoms with van der Waals surface area (Å²) in [6, 6.07) is 2.44. The number of nitrogens with zero attached hydrogens (tertiary/aromatic N) is 1. The van der Waals surface area contributed by atoms with E-state index < -0.39 is 0 Å². The minimum absolute atomic E-state index is 0.0557. The van der Waals surface area contributed by atoms with E-state index in [0.717, 1.165) is 24.9 Å². The smallest absolute Gasteiger partial charge is 0.224 e. The highest BCUT2D eigenvalue weighted by atomic mass is 32.1. The Morgan fingerprint density at radius 3 is 2.90 bits per heavy atom. The molecule has 114 valence electrons. The van der Waals surface area contributed by atoms with Crippen molar-refractivity contribution in [1.82, 2.24) is 10.2 Å². The van der Waals surface area contributed by atoms with Crippen LogP contribution in [0.1, 0.15) is 37.7 Å². The van der Waals surface area contributed by atoms with E-state index in [1.807, 2.05) is 16.8 Å². The summed E-state index contributed by atoms with van der Waals surface area (Å²) in [4.78, 5) is 26.0. The predicted molar refractivity (Wildman–Crippen MR) is 83.1 cm³/mol. The van der Waals surface area contributed by atoms with Gasteiger partial charge in [-0.25, -0.2) is 0 Å². The average Bonchev–Trinajstić information content (AvgIpc) is 3.17. The van der Waals surface area contributed by atoms with Crippen molar-refractivity contribution in [3.05, 3.63) is 22.4 Å². The lowest BCUT2D eigenvalue weighted by atomic mass is 10.1. The standard InChI is InChI=1S/C16H22N2O2S/c19-15(7-12-5-6-21-11-12)17-9-13-8-16(20)18(10-13)14-3-1-2-4-14/h5-6,11,13-14H,1-4,7-10H2,(H,17,19)/t13-/m0/s1. The van der Waals surface area contributed by atoms with Gasteiger partial charge in [-0.1, -0.05) is 12.8 Å². The summed E-state index contributed by atoms with van der Waals surface area (Å²) in [5, 5.41) is 6.97. The van der Waals surface area contributed by atoms with Gasteiger partial charge in [0, 0.05) is 31.5 Å². The molecule has 3 rings (SSSR count). The molecule has 0 spiro atoms. The topological polar surface area (TPSA) is 49.4 Å². The third kappa shape index (κ3) is 3.64. The van der Waals surface area contributed by atoms with Gasteiger partial charge in [-0.2, -0.15) is 11.3 Å². The van der Waals surface area contributed by atoms with Crippen LogP contribution in [0.15, 0.2) is 16.8 Å². The monoisotopic (exact) mass is 306 g/mol. The summed E-state index contributed by atoms with van der Waals surface area (Å²) in [5.74, 6) is 0.615. The Morgan fingerprint density at radius 2 is 2.19 bits per heavy atom. The minimum Gasteiger partial charge on any atom is -0.355 e. The van der Waals surface area contributed by atoms with Crippen LogP contribution in [0.25, 0.3) is 0 Å². The molecule has 1 saturated carbocycles. The maximum atomic E-state index is 12.1. The molecule has 2 amide bonds. The van der Waals surface area contributed by atoms with E-state index in [4.69, 9.17) is 0 Å². The first-order valence-electron chi connectivity index (χ1n) is 7.79. The third-order valence-electron chi connectivity index (χ3n) is 4.54. The summed E-state index contributed by atoms with van der Waals surface area (Å²) in [7, 11) is 0. The number of carbonyl (C=O) groups is 2. The molecular weight excluding hydrogens is 284 g/mol. The van der Waals surface area contributed by atoms with Crippen molar-refractivity contribution in [2.45, 2.75) is 44.6 Å². The third-order valence-corrected chi connectivity index (χ3v) is 5.27. The summed E-state index contributed by atoms with van der Waals surface area (Å²) < 4.78 is 0. The molecule has 1 N–H and O–H groups in total. The minimum atomic E-state index is 0.0557. The fraction of sp³-hybridized carbons (Fsp3) is 0.625. The van der Waals surface area contributed by atoms with Crippen LogP contribution in [0.2, 0.25) is 0 Å². The van der Waals surface area contributed by atoms with Crippen LogP contribution in [0.4, 0.5) is 0 Å². The van der Waals surface area contributed by atoms with Gasteiger partial charge in [0.1, 0.15) is 0 Å². The molecule has 1 aromatic rings. The Bertz CT molecular complexity index is 494. The predicted octanol–water partition coefficient (Wildman–Crippen LogP) is 2.20. The van der Waals surface area contributed by atoms with Crippen molar-refractivity contribution in [2.75, 3.05) is 13.1 Å². The maximum absolute atomic E-state index is 12.1. The van der Waals surface area contributed by atoms with E-state index in [1.54, 1.807) is 11.3 Å². The zero-order chi connectivity index (χ0) is 14.7. The fourth-order valence-electron chi connectivity index (χ4n) is 3.41. The molecule has 1 aliphatic heterocycles. The first-order valence-corrected chi connectivity index (χ1v) is 8.74. The number of nitrogens with one attached hydrogen (secondary N) is 1. The largest absolute Gasteiger partial charge is 0.355 e. The second-order valence-corrected chi connectivity index (χ2v) is 6.95. The summed E-state index contributed by atoms with van der Waals surface area (Å²) in [6.07, 6.45) is 5.84. The molecule has 1 atom stereocenters. The second kappa shape index (κ2) is 6.60. The van der Waals surface area contributed by atoms with E-state index in [1.165, 1.54) is 12.8 Å². The van der Waals surface area contributed by atoms with Crippen LogP contribution in [-0.2, 0) is 16.0 Å². The molecule has 2 fully saturated rings.